The number of aliphatic hydroxyl groups is 1. The molecule has 0 radical (unpaired) electrons. The smallest absolute Gasteiger partial charge is 0.300 e. The van der Waals surface area contributed by atoms with E-state index >= 15 is 0 Å². The van der Waals surface area contributed by atoms with Gasteiger partial charge in [0, 0.05) is 11.3 Å². The number of carbonyl (C=O) groups is 2. The van der Waals surface area contributed by atoms with Crippen LogP contribution in [-0.2, 0) is 16.0 Å². The summed E-state index contributed by atoms with van der Waals surface area (Å²) in [6, 6.07) is 14.1. The second-order valence-electron chi connectivity index (χ2n) is 8.09. The number of aliphatic hydroxyl groups excluding tert-OH is 1. The van der Waals surface area contributed by atoms with E-state index in [-0.39, 0.29) is 21.4 Å². The van der Waals surface area contributed by atoms with Gasteiger partial charge in [-0.2, -0.15) is 0 Å². The van der Waals surface area contributed by atoms with Gasteiger partial charge in [0.15, 0.2) is 0 Å². The van der Waals surface area contributed by atoms with Gasteiger partial charge in [-0.05, 0) is 72.5 Å². The molecule has 1 atom stereocenters. The first-order valence-corrected chi connectivity index (χ1v) is 11.4. The molecule has 0 saturated carbocycles. The minimum Gasteiger partial charge on any atom is -0.507 e. The number of fused-ring (bicyclic) bond motifs is 1. The number of ether oxygens (including phenoxy) is 1. The molecule has 8 heteroatoms. The first-order chi connectivity index (χ1) is 16.3. The van der Waals surface area contributed by atoms with Crippen molar-refractivity contribution in [2.75, 3.05) is 11.5 Å². The molecule has 2 heterocycles. The molecule has 172 valence electrons. The van der Waals surface area contributed by atoms with Crippen LogP contribution in [-0.4, -0.2) is 23.4 Å². The van der Waals surface area contributed by atoms with Crippen LogP contribution in [0.2, 0.25) is 10.0 Å². The van der Waals surface area contributed by atoms with Gasteiger partial charge in [-0.25, -0.2) is 4.39 Å². The van der Waals surface area contributed by atoms with Gasteiger partial charge in [0.25, 0.3) is 11.7 Å². The van der Waals surface area contributed by atoms with Gasteiger partial charge in [0.1, 0.15) is 17.3 Å². The van der Waals surface area contributed by atoms with Crippen LogP contribution in [0.15, 0.2) is 66.2 Å². The SMILES string of the molecule is O=C1C(=O)N(c2ccc(Cl)c(Cl)c2)C(c2ccc(F)cc2)/C1=C(/O)c1ccc2c(c1)CCCO2. The van der Waals surface area contributed by atoms with E-state index in [1.54, 1.807) is 24.3 Å². The zero-order valence-electron chi connectivity index (χ0n) is 17.7. The maximum absolute atomic E-state index is 13.7. The number of Topliss-reactive ketones (excluding diaryl/α,β-unsaturated/α-hetero) is 1. The Morgan fingerprint density at radius 2 is 1.76 bits per heavy atom. The van der Waals surface area contributed by atoms with Gasteiger partial charge in [-0.3, -0.25) is 14.5 Å². The van der Waals surface area contributed by atoms with Crippen LogP contribution in [0.3, 0.4) is 0 Å². The van der Waals surface area contributed by atoms with E-state index in [0.29, 0.717) is 23.4 Å². The average Bonchev–Trinajstić information content (AvgIpc) is 3.11. The summed E-state index contributed by atoms with van der Waals surface area (Å²) in [5, 5.41) is 11.8. The standard InChI is InChI=1S/C26H18Cl2FNO4/c27-19-9-8-18(13-20(19)28)30-23(14-3-6-17(29)7-4-14)22(25(32)26(30)33)24(31)16-5-10-21-15(12-16)2-1-11-34-21/h3-10,12-13,23,31H,1-2,11H2/b24-22-. The van der Waals surface area contributed by atoms with Crippen LogP contribution in [0.4, 0.5) is 10.1 Å². The highest BCUT2D eigenvalue weighted by atomic mass is 35.5. The summed E-state index contributed by atoms with van der Waals surface area (Å²) < 4.78 is 19.3. The van der Waals surface area contributed by atoms with Crippen molar-refractivity contribution in [3.8, 4) is 5.75 Å². The number of amides is 1. The minimum absolute atomic E-state index is 0.0978. The summed E-state index contributed by atoms with van der Waals surface area (Å²) in [7, 11) is 0. The molecular weight excluding hydrogens is 480 g/mol. The van der Waals surface area contributed by atoms with Crippen LogP contribution in [0.1, 0.15) is 29.2 Å². The molecule has 1 fully saturated rings. The van der Waals surface area contributed by atoms with Crippen molar-refractivity contribution in [3.05, 3.63) is 98.8 Å². The Kier molecular flexibility index (Phi) is 5.80. The quantitative estimate of drug-likeness (QED) is 0.270. The largest absolute Gasteiger partial charge is 0.507 e. The van der Waals surface area contributed by atoms with E-state index in [1.807, 2.05) is 0 Å². The Balaban J connectivity index is 1.70. The Morgan fingerprint density at radius 3 is 2.50 bits per heavy atom. The lowest BCUT2D eigenvalue weighted by Crippen LogP contribution is -2.29. The van der Waals surface area contributed by atoms with Crippen molar-refractivity contribution in [3.63, 3.8) is 0 Å². The number of nitrogens with zero attached hydrogens (tertiary/aromatic N) is 1. The summed E-state index contributed by atoms with van der Waals surface area (Å²) in [6.07, 6.45) is 1.62. The summed E-state index contributed by atoms with van der Waals surface area (Å²) in [5.41, 5.74) is 1.98. The molecule has 1 N–H and O–H groups in total. The number of carbonyl (C=O) groups excluding carboxylic acids is 2. The molecule has 5 rings (SSSR count). The molecular formula is C26H18Cl2FNO4. The van der Waals surface area contributed by atoms with E-state index in [2.05, 4.69) is 0 Å². The lowest BCUT2D eigenvalue weighted by atomic mass is 9.94. The zero-order valence-corrected chi connectivity index (χ0v) is 19.2. The molecule has 1 amide bonds. The third kappa shape index (κ3) is 3.83. The Morgan fingerprint density at radius 1 is 1.00 bits per heavy atom. The highest BCUT2D eigenvalue weighted by molar-refractivity contribution is 6.52. The second kappa shape index (κ2) is 8.78. The molecule has 0 aliphatic carbocycles. The molecule has 0 bridgehead atoms. The molecule has 34 heavy (non-hydrogen) atoms. The Labute approximate surface area is 205 Å². The van der Waals surface area contributed by atoms with Crippen molar-refractivity contribution in [1.82, 2.24) is 0 Å². The molecule has 3 aromatic rings. The zero-order chi connectivity index (χ0) is 24.0. The van der Waals surface area contributed by atoms with E-state index in [1.165, 1.54) is 41.3 Å². The van der Waals surface area contributed by atoms with E-state index < -0.39 is 23.5 Å². The fraction of sp³-hybridized carbons (Fsp3) is 0.154. The maximum atomic E-state index is 13.7. The van der Waals surface area contributed by atoms with Crippen LogP contribution in [0, 0.1) is 5.82 Å². The van der Waals surface area contributed by atoms with Crippen LogP contribution < -0.4 is 9.64 Å². The van der Waals surface area contributed by atoms with Gasteiger partial charge >= 0.3 is 0 Å². The van der Waals surface area contributed by atoms with Crippen molar-refractivity contribution in [1.29, 1.82) is 0 Å². The fourth-order valence-corrected chi connectivity index (χ4v) is 4.65. The van der Waals surface area contributed by atoms with Crippen molar-refractivity contribution in [2.24, 2.45) is 0 Å². The van der Waals surface area contributed by atoms with Crippen LogP contribution in [0.5, 0.6) is 5.75 Å². The van der Waals surface area contributed by atoms with E-state index in [0.717, 1.165) is 24.2 Å². The third-order valence-electron chi connectivity index (χ3n) is 5.99. The number of ketones is 1. The lowest BCUT2D eigenvalue weighted by molar-refractivity contribution is -0.132. The Bertz CT molecular complexity index is 1350. The lowest BCUT2D eigenvalue weighted by Gasteiger charge is -2.26. The minimum atomic E-state index is -0.995. The molecule has 2 aliphatic rings. The number of anilines is 1. The number of halogens is 3. The molecule has 3 aromatic carbocycles. The number of hydrogen-bond donors (Lipinski definition) is 1. The molecule has 5 nitrogen and oxygen atoms in total. The Hall–Kier alpha value is -3.35. The summed E-state index contributed by atoms with van der Waals surface area (Å²) >= 11 is 12.2. The third-order valence-corrected chi connectivity index (χ3v) is 6.73. The normalized spacial score (nSPS) is 19.1. The van der Waals surface area contributed by atoms with Crippen molar-refractivity contribution < 1.29 is 23.8 Å². The van der Waals surface area contributed by atoms with E-state index in [9.17, 15) is 19.1 Å². The predicted octanol–water partition coefficient (Wildman–Crippen LogP) is 6.08. The van der Waals surface area contributed by atoms with Gasteiger partial charge in [-0.1, -0.05) is 35.3 Å². The maximum Gasteiger partial charge on any atom is 0.300 e. The van der Waals surface area contributed by atoms with Crippen molar-refractivity contribution in [2.45, 2.75) is 18.9 Å². The predicted molar refractivity (Wildman–Crippen MR) is 128 cm³/mol. The molecule has 0 spiro atoms. The molecule has 2 aliphatic heterocycles. The first-order valence-electron chi connectivity index (χ1n) is 10.6. The topological polar surface area (TPSA) is 66.8 Å². The molecule has 1 saturated heterocycles. The molecule has 0 aromatic heterocycles. The number of rotatable bonds is 3. The van der Waals surface area contributed by atoms with E-state index in [4.69, 9.17) is 27.9 Å². The van der Waals surface area contributed by atoms with Gasteiger partial charge in [0.2, 0.25) is 0 Å². The van der Waals surface area contributed by atoms with Crippen LogP contribution in [0.25, 0.3) is 5.76 Å². The van der Waals surface area contributed by atoms with Crippen LogP contribution >= 0.6 is 23.2 Å². The van der Waals surface area contributed by atoms with Gasteiger partial charge in [-0.15, -0.1) is 0 Å². The van der Waals surface area contributed by atoms with Gasteiger partial charge in [0.05, 0.1) is 28.3 Å². The summed E-state index contributed by atoms with van der Waals surface area (Å²) in [5.74, 6) is -1.75. The van der Waals surface area contributed by atoms with Crippen molar-refractivity contribution >= 4 is 46.3 Å². The highest BCUT2D eigenvalue weighted by Gasteiger charge is 2.47. The average molecular weight is 498 g/mol. The fourth-order valence-electron chi connectivity index (χ4n) is 4.36. The summed E-state index contributed by atoms with van der Waals surface area (Å²) in [4.78, 5) is 27.7. The highest BCUT2D eigenvalue weighted by Crippen LogP contribution is 2.43. The second-order valence-corrected chi connectivity index (χ2v) is 8.91. The van der Waals surface area contributed by atoms with Gasteiger partial charge < -0.3 is 9.84 Å². The number of hydrogen-bond acceptors (Lipinski definition) is 4. The summed E-state index contributed by atoms with van der Waals surface area (Å²) in [6.45, 7) is 0.623. The first kappa shape index (κ1) is 22.4. The molecule has 1 unspecified atom stereocenters. The monoisotopic (exact) mass is 497 g/mol. The number of benzene rings is 3. The number of aryl methyl sites for hydroxylation is 1.